The first-order valence-corrected chi connectivity index (χ1v) is 7.07. The van der Waals surface area contributed by atoms with Gasteiger partial charge in [0.25, 0.3) is 0 Å². The van der Waals surface area contributed by atoms with E-state index in [1.807, 2.05) is 0 Å². The minimum Gasteiger partial charge on any atom is -0.383 e. The maximum Gasteiger partial charge on any atom is 0.351 e. The molecule has 0 aromatic carbocycles. The molecule has 0 saturated carbocycles. The second-order valence-electron chi connectivity index (χ2n) is 5.25. The lowest BCUT2D eigenvalue weighted by Crippen LogP contribution is -2.36. The number of aromatic nitrogens is 2. The standard InChI is InChI=1S/C13H20ClN3O2/c1-4-13(7-14)9(3)8(2)11(19-13)17-6-5-10(15)16-12(17)18/h5-6,8-9,11H,4,7H2,1-3H3,(H2,15,16,18)/t8-,9-,11+,13-/m0/s1. The molecule has 0 bridgehead atoms. The van der Waals surface area contributed by atoms with Crippen LogP contribution in [0, 0.1) is 11.8 Å². The Kier molecular flexibility index (Phi) is 3.87. The molecule has 6 heteroatoms. The summed E-state index contributed by atoms with van der Waals surface area (Å²) in [6.45, 7) is 6.24. The molecule has 2 heterocycles. The van der Waals surface area contributed by atoms with Crippen molar-refractivity contribution in [2.45, 2.75) is 39.0 Å². The van der Waals surface area contributed by atoms with E-state index in [2.05, 4.69) is 25.8 Å². The van der Waals surface area contributed by atoms with Gasteiger partial charge < -0.3 is 10.5 Å². The van der Waals surface area contributed by atoms with Crippen molar-refractivity contribution in [3.05, 3.63) is 22.7 Å². The monoisotopic (exact) mass is 285 g/mol. The van der Waals surface area contributed by atoms with Crippen molar-refractivity contribution in [2.75, 3.05) is 11.6 Å². The lowest BCUT2D eigenvalue weighted by atomic mass is 9.82. The van der Waals surface area contributed by atoms with Crippen LogP contribution in [-0.4, -0.2) is 21.0 Å². The molecule has 0 unspecified atom stereocenters. The Labute approximate surface area is 117 Å². The molecule has 0 radical (unpaired) electrons. The van der Waals surface area contributed by atoms with Crippen molar-refractivity contribution >= 4 is 17.4 Å². The molecule has 1 aliphatic rings. The van der Waals surface area contributed by atoms with Gasteiger partial charge in [-0.15, -0.1) is 11.6 Å². The number of nitrogens with two attached hydrogens (primary N) is 1. The molecule has 1 aromatic heterocycles. The molecule has 0 aliphatic carbocycles. The van der Waals surface area contributed by atoms with Gasteiger partial charge in [0.1, 0.15) is 12.0 Å². The van der Waals surface area contributed by atoms with Gasteiger partial charge in [0.15, 0.2) is 0 Å². The predicted octanol–water partition coefficient (Wildman–Crippen LogP) is 2.01. The molecule has 1 saturated heterocycles. The zero-order valence-electron chi connectivity index (χ0n) is 11.5. The number of hydrogen-bond acceptors (Lipinski definition) is 4. The van der Waals surface area contributed by atoms with E-state index in [9.17, 15) is 4.79 Å². The molecule has 106 valence electrons. The molecule has 5 nitrogen and oxygen atoms in total. The molecule has 0 amide bonds. The van der Waals surface area contributed by atoms with Gasteiger partial charge in [0, 0.05) is 12.1 Å². The van der Waals surface area contributed by atoms with Gasteiger partial charge in [-0.3, -0.25) is 4.57 Å². The van der Waals surface area contributed by atoms with Crippen LogP contribution in [0.25, 0.3) is 0 Å². The smallest absolute Gasteiger partial charge is 0.351 e. The molecule has 4 atom stereocenters. The number of ether oxygens (including phenoxy) is 1. The first-order chi connectivity index (χ1) is 8.95. The summed E-state index contributed by atoms with van der Waals surface area (Å²) in [5, 5.41) is 0. The summed E-state index contributed by atoms with van der Waals surface area (Å²) in [7, 11) is 0. The molecular weight excluding hydrogens is 266 g/mol. The maximum atomic E-state index is 11.9. The summed E-state index contributed by atoms with van der Waals surface area (Å²) >= 11 is 6.09. The minimum absolute atomic E-state index is 0.182. The summed E-state index contributed by atoms with van der Waals surface area (Å²) in [5.41, 5.74) is 4.74. The zero-order chi connectivity index (χ0) is 14.2. The lowest BCUT2D eigenvalue weighted by Gasteiger charge is -2.30. The average Bonchev–Trinajstić information content (AvgIpc) is 2.64. The third-order valence-corrected chi connectivity index (χ3v) is 4.83. The first-order valence-electron chi connectivity index (χ1n) is 6.53. The highest BCUT2D eigenvalue weighted by atomic mass is 35.5. The van der Waals surface area contributed by atoms with Crippen LogP contribution in [0.2, 0.25) is 0 Å². The highest BCUT2D eigenvalue weighted by Crippen LogP contribution is 2.47. The van der Waals surface area contributed by atoms with Crippen LogP contribution in [-0.2, 0) is 4.74 Å². The van der Waals surface area contributed by atoms with E-state index in [4.69, 9.17) is 22.1 Å². The van der Waals surface area contributed by atoms with E-state index >= 15 is 0 Å². The van der Waals surface area contributed by atoms with E-state index < -0.39 is 0 Å². The number of halogens is 1. The number of alkyl halides is 1. The number of rotatable bonds is 3. The van der Waals surface area contributed by atoms with Crippen molar-refractivity contribution in [3.63, 3.8) is 0 Å². The van der Waals surface area contributed by atoms with Crippen molar-refractivity contribution in [3.8, 4) is 0 Å². The van der Waals surface area contributed by atoms with Crippen molar-refractivity contribution in [1.29, 1.82) is 0 Å². The minimum atomic E-state index is -0.384. The maximum absolute atomic E-state index is 11.9. The summed E-state index contributed by atoms with van der Waals surface area (Å²) in [6.07, 6.45) is 2.11. The largest absolute Gasteiger partial charge is 0.383 e. The van der Waals surface area contributed by atoms with E-state index in [-0.39, 0.29) is 35.2 Å². The van der Waals surface area contributed by atoms with Crippen molar-refractivity contribution in [1.82, 2.24) is 9.55 Å². The second-order valence-corrected chi connectivity index (χ2v) is 5.52. The zero-order valence-corrected chi connectivity index (χ0v) is 12.2. The molecule has 0 spiro atoms. The summed E-state index contributed by atoms with van der Waals surface area (Å²) in [4.78, 5) is 15.7. The van der Waals surface area contributed by atoms with Crippen molar-refractivity contribution < 1.29 is 4.74 Å². The van der Waals surface area contributed by atoms with Crippen LogP contribution < -0.4 is 11.4 Å². The third kappa shape index (κ3) is 2.25. The quantitative estimate of drug-likeness (QED) is 0.863. The highest BCUT2D eigenvalue weighted by molar-refractivity contribution is 6.18. The fraction of sp³-hybridized carbons (Fsp3) is 0.692. The Hall–Kier alpha value is -1.07. The van der Waals surface area contributed by atoms with Gasteiger partial charge >= 0.3 is 5.69 Å². The van der Waals surface area contributed by atoms with Gasteiger partial charge in [0.05, 0.1) is 11.5 Å². The second kappa shape index (κ2) is 5.13. The average molecular weight is 286 g/mol. The summed E-state index contributed by atoms with van der Waals surface area (Å²) < 4.78 is 7.63. The van der Waals surface area contributed by atoms with Crippen LogP contribution in [0.15, 0.2) is 17.1 Å². The van der Waals surface area contributed by atoms with E-state index in [0.717, 1.165) is 6.42 Å². The van der Waals surface area contributed by atoms with Gasteiger partial charge in [-0.25, -0.2) is 4.79 Å². The Morgan fingerprint density at radius 1 is 1.58 bits per heavy atom. The molecule has 2 N–H and O–H groups in total. The first kappa shape index (κ1) is 14.3. The Morgan fingerprint density at radius 3 is 2.74 bits per heavy atom. The van der Waals surface area contributed by atoms with E-state index in [0.29, 0.717) is 5.88 Å². The van der Waals surface area contributed by atoms with Gasteiger partial charge in [0.2, 0.25) is 0 Å². The third-order valence-electron chi connectivity index (χ3n) is 4.37. The number of hydrogen-bond donors (Lipinski definition) is 1. The topological polar surface area (TPSA) is 70.1 Å². The van der Waals surface area contributed by atoms with Crippen LogP contribution >= 0.6 is 11.6 Å². The number of nitrogen functional groups attached to an aromatic ring is 1. The molecule has 1 aromatic rings. The predicted molar refractivity (Wildman–Crippen MR) is 75.1 cm³/mol. The van der Waals surface area contributed by atoms with Gasteiger partial charge in [-0.05, 0) is 18.4 Å². The van der Waals surface area contributed by atoms with Crippen LogP contribution in [0.1, 0.15) is 33.4 Å². The van der Waals surface area contributed by atoms with Crippen LogP contribution in [0.5, 0.6) is 0 Å². The van der Waals surface area contributed by atoms with E-state index in [1.54, 1.807) is 12.3 Å². The molecular formula is C13H20ClN3O2. The number of nitrogens with zero attached hydrogens (tertiary/aromatic N) is 2. The molecule has 1 aliphatic heterocycles. The fourth-order valence-electron chi connectivity index (χ4n) is 2.76. The molecule has 2 rings (SSSR count). The fourth-order valence-corrected chi connectivity index (χ4v) is 3.26. The van der Waals surface area contributed by atoms with Crippen molar-refractivity contribution in [2.24, 2.45) is 11.8 Å². The Bertz CT molecular complexity index is 513. The van der Waals surface area contributed by atoms with Gasteiger partial charge in [-0.1, -0.05) is 20.8 Å². The normalized spacial score (nSPS) is 34.6. The summed E-state index contributed by atoms with van der Waals surface area (Å²) in [6, 6.07) is 1.61. The molecule has 19 heavy (non-hydrogen) atoms. The van der Waals surface area contributed by atoms with E-state index in [1.165, 1.54) is 4.57 Å². The Balaban J connectivity index is 2.39. The number of anilines is 1. The Morgan fingerprint density at radius 2 is 2.26 bits per heavy atom. The lowest BCUT2D eigenvalue weighted by molar-refractivity contribution is -0.0764. The van der Waals surface area contributed by atoms with Crippen LogP contribution in [0.3, 0.4) is 0 Å². The van der Waals surface area contributed by atoms with Crippen LogP contribution in [0.4, 0.5) is 5.82 Å². The summed E-state index contributed by atoms with van der Waals surface area (Å²) in [5.74, 6) is 1.09. The SMILES string of the molecule is CC[C@@]1(CCl)O[C@@H](n2ccc(N)nc2=O)[C@@H](C)[C@@H]1C. The molecule has 1 fully saturated rings. The highest BCUT2D eigenvalue weighted by Gasteiger charge is 2.50. The van der Waals surface area contributed by atoms with Gasteiger partial charge in [-0.2, -0.15) is 4.98 Å².